The molecule has 128 valence electrons. The van der Waals surface area contributed by atoms with Crippen molar-refractivity contribution in [1.82, 2.24) is 10.1 Å². The Balaban J connectivity index is 1.98. The fourth-order valence-corrected chi connectivity index (χ4v) is 2.37. The fraction of sp³-hybridized carbons (Fsp3) is 0.176. The summed E-state index contributed by atoms with van der Waals surface area (Å²) >= 11 is 0. The van der Waals surface area contributed by atoms with Crippen molar-refractivity contribution < 1.29 is 18.9 Å². The van der Waals surface area contributed by atoms with Gasteiger partial charge >= 0.3 is 0 Å². The zero-order valence-electron chi connectivity index (χ0n) is 13.8. The molecular formula is C17H15N3O5. The SMILES string of the molecule is COc1ccc(-c2noc(-c3ccc(C)c([N+](=O)[O-])c3)n2)cc1OC. The van der Waals surface area contributed by atoms with E-state index < -0.39 is 4.92 Å². The van der Waals surface area contributed by atoms with Crippen LogP contribution in [-0.2, 0) is 0 Å². The van der Waals surface area contributed by atoms with Crippen LogP contribution in [0, 0.1) is 17.0 Å². The fourth-order valence-electron chi connectivity index (χ4n) is 2.37. The molecular weight excluding hydrogens is 326 g/mol. The van der Waals surface area contributed by atoms with E-state index in [1.54, 1.807) is 44.4 Å². The topological polar surface area (TPSA) is 101 Å². The lowest BCUT2D eigenvalue weighted by Gasteiger charge is -2.07. The molecule has 8 heteroatoms. The third kappa shape index (κ3) is 3.14. The largest absolute Gasteiger partial charge is 0.493 e. The highest BCUT2D eigenvalue weighted by Crippen LogP contribution is 2.32. The predicted octanol–water partition coefficient (Wildman–Crippen LogP) is 3.64. The first kappa shape index (κ1) is 16.4. The highest BCUT2D eigenvalue weighted by molar-refractivity contribution is 5.65. The summed E-state index contributed by atoms with van der Waals surface area (Å²) in [6, 6.07) is 10.0. The van der Waals surface area contributed by atoms with Crippen LogP contribution in [0.25, 0.3) is 22.8 Å². The molecule has 0 amide bonds. The summed E-state index contributed by atoms with van der Waals surface area (Å²) in [5.74, 6) is 1.67. The highest BCUT2D eigenvalue weighted by atomic mass is 16.6. The van der Waals surface area contributed by atoms with Gasteiger partial charge in [0, 0.05) is 22.8 Å². The van der Waals surface area contributed by atoms with Crippen LogP contribution in [0.3, 0.4) is 0 Å². The first-order chi connectivity index (χ1) is 12.0. The van der Waals surface area contributed by atoms with Crippen LogP contribution < -0.4 is 9.47 Å². The Bertz CT molecular complexity index is 936. The third-order valence-electron chi connectivity index (χ3n) is 3.72. The van der Waals surface area contributed by atoms with Crippen LogP contribution in [0.4, 0.5) is 5.69 Å². The average Bonchev–Trinajstić information content (AvgIpc) is 3.11. The smallest absolute Gasteiger partial charge is 0.273 e. The number of aromatic nitrogens is 2. The minimum atomic E-state index is -0.440. The summed E-state index contributed by atoms with van der Waals surface area (Å²) < 4.78 is 15.7. The van der Waals surface area contributed by atoms with Gasteiger partial charge in [-0.15, -0.1) is 0 Å². The molecule has 0 saturated carbocycles. The number of methoxy groups -OCH3 is 2. The lowest BCUT2D eigenvalue weighted by atomic mass is 10.1. The molecule has 0 bridgehead atoms. The van der Waals surface area contributed by atoms with Crippen LogP contribution in [0.5, 0.6) is 11.5 Å². The Kier molecular flexibility index (Phi) is 4.34. The van der Waals surface area contributed by atoms with Gasteiger partial charge in [0.25, 0.3) is 11.6 Å². The van der Waals surface area contributed by atoms with Gasteiger partial charge in [-0.2, -0.15) is 4.98 Å². The van der Waals surface area contributed by atoms with E-state index in [9.17, 15) is 10.1 Å². The number of nitrogens with zero attached hydrogens (tertiary/aromatic N) is 3. The summed E-state index contributed by atoms with van der Waals surface area (Å²) in [6.07, 6.45) is 0. The van der Waals surface area contributed by atoms with Crippen molar-refractivity contribution in [3.8, 4) is 34.3 Å². The number of benzene rings is 2. The zero-order chi connectivity index (χ0) is 18.0. The lowest BCUT2D eigenvalue weighted by Crippen LogP contribution is -1.92. The molecule has 0 atom stereocenters. The first-order valence-corrected chi connectivity index (χ1v) is 7.35. The minimum Gasteiger partial charge on any atom is -0.493 e. The lowest BCUT2D eigenvalue weighted by molar-refractivity contribution is -0.385. The van der Waals surface area contributed by atoms with Gasteiger partial charge in [0.05, 0.1) is 19.1 Å². The molecule has 8 nitrogen and oxygen atoms in total. The van der Waals surface area contributed by atoms with Crippen molar-refractivity contribution in [2.45, 2.75) is 6.92 Å². The molecule has 0 radical (unpaired) electrons. The second-order valence-corrected chi connectivity index (χ2v) is 5.25. The first-order valence-electron chi connectivity index (χ1n) is 7.35. The van der Waals surface area contributed by atoms with Crippen molar-refractivity contribution in [2.75, 3.05) is 14.2 Å². The van der Waals surface area contributed by atoms with Crippen molar-refractivity contribution in [2.24, 2.45) is 0 Å². The van der Waals surface area contributed by atoms with Gasteiger partial charge in [0.2, 0.25) is 5.82 Å². The van der Waals surface area contributed by atoms with E-state index in [0.717, 1.165) is 0 Å². The minimum absolute atomic E-state index is 0.00312. The van der Waals surface area contributed by atoms with E-state index in [4.69, 9.17) is 14.0 Å². The van der Waals surface area contributed by atoms with Crippen molar-refractivity contribution in [3.63, 3.8) is 0 Å². The number of ether oxygens (including phenoxy) is 2. The number of hydrogen-bond donors (Lipinski definition) is 0. The van der Waals surface area contributed by atoms with Gasteiger partial charge in [0.15, 0.2) is 11.5 Å². The van der Waals surface area contributed by atoms with Gasteiger partial charge in [-0.1, -0.05) is 11.2 Å². The van der Waals surface area contributed by atoms with Gasteiger partial charge in [-0.3, -0.25) is 10.1 Å². The summed E-state index contributed by atoms with van der Waals surface area (Å²) in [4.78, 5) is 15.0. The Labute approximate surface area is 143 Å². The van der Waals surface area contributed by atoms with Gasteiger partial charge in [0.1, 0.15) is 0 Å². The molecule has 1 heterocycles. The predicted molar refractivity (Wildman–Crippen MR) is 89.7 cm³/mol. The summed E-state index contributed by atoms with van der Waals surface area (Å²) in [5.41, 5.74) is 1.72. The summed E-state index contributed by atoms with van der Waals surface area (Å²) in [7, 11) is 3.09. The maximum absolute atomic E-state index is 11.1. The maximum Gasteiger partial charge on any atom is 0.273 e. The standard InChI is InChI=1S/C17H15N3O5/c1-10-4-5-12(8-13(10)20(21)22)17-18-16(19-25-17)11-6-7-14(23-2)15(9-11)24-3/h4-9H,1-3H3. The zero-order valence-corrected chi connectivity index (χ0v) is 13.8. The number of hydrogen-bond acceptors (Lipinski definition) is 7. The van der Waals surface area contributed by atoms with E-state index in [2.05, 4.69) is 10.1 Å². The van der Waals surface area contributed by atoms with Gasteiger partial charge in [-0.25, -0.2) is 0 Å². The van der Waals surface area contributed by atoms with E-state index in [-0.39, 0.29) is 11.6 Å². The molecule has 25 heavy (non-hydrogen) atoms. The van der Waals surface area contributed by atoms with Crippen molar-refractivity contribution >= 4 is 5.69 Å². The summed E-state index contributed by atoms with van der Waals surface area (Å²) in [6.45, 7) is 1.67. The van der Waals surface area contributed by atoms with Crippen LogP contribution in [-0.4, -0.2) is 29.3 Å². The Hall–Kier alpha value is -3.42. The van der Waals surface area contributed by atoms with Crippen LogP contribution in [0.1, 0.15) is 5.56 Å². The maximum atomic E-state index is 11.1. The van der Waals surface area contributed by atoms with E-state index in [1.165, 1.54) is 13.2 Å². The molecule has 0 saturated heterocycles. The van der Waals surface area contributed by atoms with Gasteiger partial charge in [-0.05, 0) is 31.2 Å². The molecule has 3 aromatic rings. The molecule has 0 aliphatic heterocycles. The number of nitro groups is 1. The molecule has 0 N–H and O–H groups in total. The third-order valence-corrected chi connectivity index (χ3v) is 3.72. The molecule has 2 aromatic carbocycles. The Morgan fingerprint density at radius 2 is 1.76 bits per heavy atom. The number of nitro benzene ring substituents is 1. The van der Waals surface area contributed by atoms with Crippen LogP contribution >= 0.6 is 0 Å². The Morgan fingerprint density at radius 1 is 1.04 bits per heavy atom. The molecule has 3 rings (SSSR count). The van der Waals surface area contributed by atoms with Crippen molar-refractivity contribution in [1.29, 1.82) is 0 Å². The molecule has 1 aromatic heterocycles. The average molecular weight is 341 g/mol. The highest BCUT2D eigenvalue weighted by Gasteiger charge is 2.17. The molecule has 0 unspecified atom stereocenters. The number of rotatable bonds is 5. The Morgan fingerprint density at radius 3 is 2.44 bits per heavy atom. The quantitative estimate of drug-likeness (QED) is 0.516. The van der Waals surface area contributed by atoms with E-state index in [0.29, 0.717) is 34.0 Å². The van der Waals surface area contributed by atoms with Crippen LogP contribution in [0.2, 0.25) is 0 Å². The second-order valence-electron chi connectivity index (χ2n) is 5.25. The summed E-state index contributed by atoms with van der Waals surface area (Å²) in [5, 5.41) is 15.0. The van der Waals surface area contributed by atoms with Crippen LogP contribution in [0.15, 0.2) is 40.9 Å². The van der Waals surface area contributed by atoms with Gasteiger partial charge < -0.3 is 14.0 Å². The van der Waals surface area contributed by atoms with E-state index >= 15 is 0 Å². The molecule has 0 aliphatic carbocycles. The molecule has 0 spiro atoms. The molecule has 0 fully saturated rings. The monoisotopic (exact) mass is 341 g/mol. The van der Waals surface area contributed by atoms with E-state index in [1.807, 2.05) is 0 Å². The molecule has 0 aliphatic rings. The normalized spacial score (nSPS) is 10.5. The van der Waals surface area contributed by atoms with Crippen molar-refractivity contribution in [3.05, 3.63) is 52.1 Å². The number of aryl methyl sites for hydroxylation is 1. The second kappa shape index (κ2) is 6.60.